The summed E-state index contributed by atoms with van der Waals surface area (Å²) in [5.74, 6) is -0.515. The number of rotatable bonds is 13. The van der Waals surface area contributed by atoms with Crippen molar-refractivity contribution in [2.24, 2.45) is 34.5 Å². The molecule has 4 aliphatic carbocycles. The Balaban J connectivity index is 0.00000803. The maximum Gasteiger partial charge on any atom is 1.00 e. The summed E-state index contributed by atoms with van der Waals surface area (Å²) in [6.07, 6.45) is -35.1. The van der Waals surface area contributed by atoms with Gasteiger partial charge in [-0.05, 0) is 108 Å². The molecule has 5 heterocycles. The Kier molecular flexibility index (Phi) is 19.9. The van der Waals surface area contributed by atoms with Gasteiger partial charge in [0.2, 0.25) is 10.4 Å². The molecule has 0 aromatic rings. The number of aliphatic hydroxyl groups excluding tert-OH is 11. The third-order valence-corrected chi connectivity index (χ3v) is 19.3. The van der Waals surface area contributed by atoms with Crippen molar-refractivity contribution in [3.8, 4) is 0 Å². The van der Waals surface area contributed by atoms with E-state index in [1.165, 1.54) is 33.3 Å². The first-order chi connectivity index (χ1) is 36.0. The van der Waals surface area contributed by atoms with Gasteiger partial charge in [0.15, 0.2) is 31.5 Å². The van der Waals surface area contributed by atoms with Gasteiger partial charge in [0.1, 0.15) is 97.3 Å². The van der Waals surface area contributed by atoms with Gasteiger partial charge in [0.25, 0.3) is 0 Å². The van der Waals surface area contributed by atoms with E-state index < -0.39 is 188 Å². The summed E-state index contributed by atoms with van der Waals surface area (Å²) >= 11 is 0. The van der Waals surface area contributed by atoms with Crippen molar-refractivity contribution in [3.05, 3.63) is 11.6 Å². The molecule has 9 aliphatic rings. The Morgan fingerprint density at radius 1 is 0.577 bits per heavy atom. The van der Waals surface area contributed by atoms with Crippen molar-refractivity contribution in [2.75, 3.05) is 6.61 Å². The van der Waals surface area contributed by atoms with Gasteiger partial charge in [0, 0.05) is 5.92 Å². The van der Waals surface area contributed by atoms with Crippen LogP contribution in [0.5, 0.6) is 0 Å². The van der Waals surface area contributed by atoms with Gasteiger partial charge in [0.05, 0.1) is 43.2 Å². The van der Waals surface area contributed by atoms with Crippen LogP contribution in [-0.4, -0.2) is 241 Å². The monoisotopic (exact) mass is 1150 g/mol. The minimum absolute atomic E-state index is 0. The van der Waals surface area contributed by atoms with Crippen molar-refractivity contribution in [1.29, 1.82) is 0 Å². The molecule has 0 aromatic heterocycles. The number of ether oxygens (including phenoxy) is 10. The van der Waals surface area contributed by atoms with Gasteiger partial charge >= 0.3 is 29.6 Å². The molecule has 26 nitrogen and oxygen atoms in total. The molecule has 0 bridgehead atoms. The molecule has 0 amide bonds. The summed E-state index contributed by atoms with van der Waals surface area (Å²) in [5, 5.41) is 122. The fraction of sp³-hybridized carbons (Fsp3) is 0.940. The number of hydrogen-bond acceptors (Lipinski definition) is 26. The quantitative estimate of drug-likeness (QED) is 0.0354. The van der Waals surface area contributed by atoms with Crippen LogP contribution in [0.2, 0.25) is 0 Å². The second-order valence-corrected chi connectivity index (χ2v) is 24.6. The second-order valence-electron chi connectivity index (χ2n) is 23.6. The molecular formula is C50H79NaO26S. The smallest absolute Gasteiger partial charge is 0.726 e. The first kappa shape index (κ1) is 63.5. The second kappa shape index (κ2) is 24.4. The number of carbonyl (C=O) groups excluding carboxylic acids is 1. The van der Waals surface area contributed by atoms with E-state index in [1.54, 1.807) is 6.92 Å². The minimum Gasteiger partial charge on any atom is -0.726 e. The van der Waals surface area contributed by atoms with E-state index in [2.05, 4.69) is 19.9 Å². The Bertz CT molecular complexity index is 2220. The molecule has 0 spiro atoms. The standard InChI is InChI=1S/C50H80O26S.Na/c1-17(51)24-8-9-25-23-15-28(27-14-22(76-77(63,64)65)10-12-50(27,7)26(23)11-13-49(24,25)6)71-46-40(62)41(33(55)21(5)69-46)73-47-42(74-44-38(60)35(57)30(52)18(2)67-44)34(56)29(16-66-47)72-48-43(37(59)32(54)20(4)70-48)75-45-39(61)36(58)31(53)19(3)68-45;/h11,18-25,27-48,52-62H,8-10,12-16H2,1-7H3,(H,63,64,65);/q;+1/p-1/t18-,19-,20-,21-,22+,23+,24-,25+,27-,28+,29-,30-,31+,32-,33-,34+,35+,36+,37+,38-,39-,40-,41+,42-,43-,44+,45+,46+,47+,48+,49-,50-;/m1./s1. The zero-order valence-corrected chi connectivity index (χ0v) is 47.8. The van der Waals surface area contributed by atoms with E-state index >= 15 is 0 Å². The topological polar surface area (TPSA) is 398 Å². The van der Waals surface area contributed by atoms with E-state index in [0.29, 0.717) is 25.7 Å². The van der Waals surface area contributed by atoms with Gasteiger partial charge in [-0.1, -0.05) is 25.5 Å². The molecule has 0 aromatic carbocycles. The predicted octanol–water partition coefficient (Wildman–Crippen LogP) is -6.15. The fourth-order valence-electron chi connectivity index (χ4n) is 14.3. The SMILES string of the molecule is CC(=O)[C@H]1CC[C@H]2[C@@H]3C[C@H](O[C@@H]4O[C@H](C)[C@@H](O)[C@H](O[C@@H]5OC[C@@H](O[C@@H]6O[C@H](C)[C@@H](O)[C@H](O)[C@H]6O[C@@H]6O[C@H](C)[C@H](O)[C@H](O)[C@H]6O)[C@H](O)[C@H]5O[C@@H]5O[C@H](C)[C@@H](O)[C@H](O)[C@H]5O)[C@H]4O)[C@H]4C[C@@H](OS(=O)(=O)[O-])CC[C@]4(C)C3=CC[C@]12C.[Na+]. The zero-order valence-electron chi connectivity index (χ0n) is 45.0. The van der Waals surface area contributed by atoms with Crippen LogP contribution in [0.4, 0.5) is 0 Å². The van der Waals surface area contributed by atoms with Crippen molar-refractivity contribution in [2.45, 2.75) is 253 Å². The molecule has 0 radical (unpaired) electrons. The minimum atomic E-state index is -5.09. The van der Waals surface area contributed by atoms with Crippen molar-refractivity contribution < 1.29 is 155 Å². The number of ketones is 1. The molecule has 442 valence electrons. The molecule has 3 saturated carbocycles. The molecular weight excluding hydrogens is 1070 g/mol. The first-order valence-corrected chi connectivity index (χ1v) is 28.2. The molecule has 11 N–H and O–H groups in total. The molecule has 8 fully saturated rings. The van der Waals surface area contributed by atoms with Crippen LogP contribution >= 0.6 is 0 Å². The van der Waals surface area contributed by atoms with Gasteiger partial charge in [-0.3, -0.25) is 8.98 Å². The summed E-state index contributed by atoms with van der Waals surface area (Å²) in [6, 6.07) is 0. The van der Waals surface area contributed by atoms with Crippen LogP contribution in [0.25, 0.3) is 0 Å². The molecule has 9 rings (SSSR count). The van der Waals surface area contributed by atoms with E-state index in [-0.39, 0.29) is 71.4 Å². The largest absolute Gasteiger partial charge is 1.00 e. The Morgan fingerprint density at radius 3 is 1.64 bits per heavy atom. The third-order valence-electron chi connectivity index (χ3n) is 18.8. The summed E-state index contributed by atoms with van der Waals surface area (Å²) < 4.78 is 102. The fourth-order valence-corrected chi connectivity index (χ4v) is 14.8. The number of carbonyl (C=O) groups is 1. The molecule has 78 heavy (non-hydrogen) atoms. The summed E-state index contributed by atoms with van der Waals surface area (Å²) in [4.78, 5) is 13.0. The van der Waals surface area contributed by atoms with Crippen LogP contribution in [0, 0.1) is 34.5 Å². The first-order valence-electron chi connectivity index (χ1n) is 26.9. The zero-order chi connectivity index (χ0) is 56.1. The Labute approximate surface area is 474 Å². The average Bonchev–Trinajstić information content (AvgIpc) is 3.86. The van der Waals surface area contributed by atoms with Gasteiger partial charge in [-0.2, -0.15) is 0 Å². The third kappa shape index (κ3) is 12.0. The number of fused-ring (bicyclic) bond motifs is 5. The van der Waals surface area contributed by atoms with Crippen LogP contribution < -0.4 is 29.6 Å². The maximum atomic E-state index is 13.0. The van der Waals surface area contributed by atoms with E-state index in [4.69, 9.17) is 51.6 Å². The van der Waals surface area contributed by atoms with Crippen molar-refractivity contribution >= 4 is 16.2 Å². The van der Waals surface area contributed by atoms with Crippen LogP contribution in [0.15, 0.2) is 11.6 Å². The predicted molar refractivity (Wildman–Crippen MR) is 253 cm³/mol. The number of allylic oxidation sites excluding steroid dienone is 2. The maximum absolute atomic E-state index is 13.0. The molecule has 32 atom stereocenters. The van der Waals surface area contributed by atoms with Gasteiger partial charge in [-0.25, -0.2) is 8.42 Å². The number of Topliss-reactive ketones (excluding diaryl/α,β-unsaturated/α-hetero) is 1. The summed E-state index contributed by atoms with van der Waals surface area (Å²) in [6.45, 7) is 10.9. The summed E-state index contributed by atoms with van der Waals surface area (Å²) in [5.41, 5.74) is 0.235. The average molecular weight is 1150 g/mol. The molecule has 5 aliphatic heterocycles. The van der Waals surface area contributed by atoms with E-state index in [0.717, 1.165) is 6.42 Å². The van der Waals surface area contributed by atoms with E-state index in [9.17, 15) is 73.9 Å². The van der Waals surface area contributed by atoms with Crippen LogP contribution in [-0.2, 0) is 66.7 Å². The van der Waals surface area contributed by atoms with Crippen LogP contribution in [0.1, 0.15) is 93.4 Å². The van der Waals surface area contributed by atoms with E-state index in [1.807, 2.05) is 0 Å². The normalized spacial score (nSPS) is 53.7. The Hall–Kier alpha value is -0.560. The molecule has 28 heteroatoms. The van der Waals surface area contributed by atoms with Crippen molar-refractivity contribution in [3.63, 3.8) is 0 Å². The van der Waals surface area contributed by atoms with Crippen molar-refractivity contribution in [1.82, 2.24) is 0 Å². The van der Waals surface area contributed by atoms with Gasteiger partial charge in [-0.15, -0.1) is 0 Å². The number of aliphatic hydroxyl groups is 11. The van der Waals surface area contributed by atoms with Gasteiger partial charge < -0.3 is 108 Å². The Morgan fingerprint density at radius 2 is 1.08 bits per heavy atom. The van der Waals surface area contributed by atoms with Crippen LogP contribution in [0.3, 0.4) is 0 Å². The molecule has 5 saturated heterocycles. The summed E-state index contributed by atoms with van der Waals surface area (Å²) in [7, 11) is -5.09. The molecule has 0 unspecified atom stereocenters. The number of hydrogen-bond donors (Lipinski definition) is 11.